The van der Waals surface area contributed by atoms with Crippen molar-refractivity contribution in [2.75, 3.05) is 32.1 Å². The van der Waals surface area contributed by atoms with Gasteiger partial charge in [0.05, 0.1) is 34.4 Å². The number of likely N-dealkylation sites (N-methyl/N-ethyl adjacent to an activating group) is 1. The third-order valence-corrected chi connectivity index (χ3v) is 3.71. The lowest BCUT2D eigenvalue weighted by Crippen LogP contribution is -2.47. The summed E-state index contributed by atoms with van der Waals surface area (Å²) in [6.45, 7) is 4.50. The molecule has 7 heteroatoms. The van der Waals surface area contributed by atoms with Crippen molar-refractivity contribution >= 4 is 23.0 Å². The van der Waals surface area contributed by atoms with Gasteiger partial charge >= 0.3 is 0 Å². The van der Waals surface area contributed by atoms with E-state index in [-0.39, 0.29) is 17.8 Å². The summed E-state index contributed by atoms with van der Waals surface area (Å²) >= 11 is 6.07. The predicted molar refractivity (Wildman–Crippen MR) is 78.4 cm³/mol. The van der Waals surface area contributed by atoms with Crippen molar-refractivity contribution < 1.29 is 9.66 Å². The van der Waals surface area contributed by atoms with E-state index in [4.69, 9.17) is 16.3 Å². The molecule has 0 amide bonds. The first-order chi connectivity index (χ1) is 9.47. The van der Waals surface area contributed by atoms with Gasteiger partial charge in [-0.2, -0.15) is 0 Å². The van der Waals surface area contributed by atoms with Gasteiger partial charge in [-0.25, -0.2) is 0 Å². The second-order valence-corrected chi connectivity index (χ2v) is 5.43. The number of halogens is 1. The first kappa shape index (κ1) is 15.0. The van der Waals surface area contributed by atoms with Gasteiger partial charge in [-0.05, 0) is 20.0 Å². The van der Waals surface area contributed by atoms with Gasteiger partial charge < -0.3 is 15.0 Å². The fraction of sp³-hybridized carbons (Fsp3) is 0.538. The molecule has 0 spiro atoms. The molecule has 1 N–H and O–H groups in total. The van der Waals surface area contributed by atoms with E-state index in [1.807, 2.05) is 6.92 Å². The standard InChI is InChI=1S/C13H18ClN3O3/c1-9(13-8-16(2)5-6-20-13)15-12-4-3-10(17(18)19)7-11(12)14/h3-4,7,9,13,15H,5-6,8H2,1-2H3. The molecule has 0 radical (unpaired) electrons. The van der Waals surface area contributed by atoms with Crippen LogP contribution in [0.3, 0.4) is 0 Å². The summed E-state index contributed by atoms with van der Waals surface area (Å²) in [4.78, 5) is 12.4. The van der Waals surface area contributed by atoms with Gasteiger partial charge in [-0.15, -0.1) is 0 Å². The van der Waals surface area contributed by atoms with E-state index in [0.29, 0.717) is 17.3 Å². The number of nitrogens with zero attached hydrogens (tertiary/aromatic N) is 2. The zero-order chi connectivity index (χ0) is 14.7. The maximum absolute atomic E-state index is 10.7. The topological polar surface area (TPSA) is 67.6 Å². The van der Waals surface area contributed by atoms with E-state index < -0.39 is 4.92 Å². The Kier molecular flexibility index (Phi) is 4.80. The second kappa shape index (κ2) is 6.39. The highest BCUT2D eigenvalue weighted by molar-refractivity contribution is 6.33. The van der Waals surface area contributed by atoms with Crippen molar-refractivity contribution in [1.82, 2.24) is 4.90 Å². The Labute approximate surface area is 122 Å². The van der Waals surface area contributed by atoms with E-state index >= 15 is 0 Å². The summed E-state index contributed by atoms with van der Waals surface area (Å²) in [6, 6.07) is 4.49. The molecule has 2 atom stereocenters. The van der Waals surface area contributed by atoms with Crippen molar-refractivity contribution in [3.8, 4) is 0 Å². The highest BCUT2D eigenvalue weighted by atomic mass is 35.5. The molecule has 0 bridgehead atoms. The minimum Gasteiger partial charge on any atom is -0.379 e. The zero-order valence-corrected chi connectivity index (χ0v) is 12.3. The quantitative estimate of drug-likeness (QED) is 0.683. The molecule has 1 fully saturated rings. The van der Waals surface area contributed by atoms with Gasteiger partial charge in [0.2, 0.25) is 0 Å². The van der Waals surface area contributed by atoms with Gasteiger partial charge in [0.25, 0.3) is 5.69 Å². The summed E-state index contributed by atoms with van der Waals surface area (Å²) in [5.74, 6) is 0. The Morgan fingerprint density at radius 1 is 1.60 bits per heavy atom. The minimum atomic E-state index is -0.460. The van der Waals surface area contributed by atoms with E-state index in [2.05, 4.69) is 17.3 Å². The van der Waals surface area contributed by atoms with Crippen molar-refractivity contribution in [3.05, 3.63) is 33.3 Å². The third kappa shape index (κ3) is 3.59. The number of rotatable bonds is 4. The van der Waals surface area contributed by atoms with Crippen molar-refractivity contribution in [3.63, 3.8) is 0 Å². The fourth-order valence-electron chi connectivity index (χ4n) is 2.19. The molecule has 110 valence electrons. The molecular weight excluding hydrogens is 282 g/mol. The lowest BCUT2D eigenvalue weighted by Gasteiger charge is -2.34. The average Bonchev–Trinajstić information content (AvgIpc) is 2.40. The van der Waals surface area contributed by atoms with Gasteiger partial charge in [-0.1, -0.05) is 11.6 Å². The second-order valence-electron chi connectivity index (χ2n) is 5.03. The van der Waals surface area contributed by atoms with Crippen LogP contribution in [0.5, 0.6) is 0 Å². The smallest absolute Gasteiger partial charge is 0.271 e. The maximum Gasteiger partial charge on any atom is 0.271 e. The van der Waals surface area contributed by atoms with Crippen LogP contribution in [-0.2, 0) is 4.74 Å². The SMILES string of the molecule is CC(Nc1ccc([N+](=O)[O-])cc1Cl)C1CN(C)CCO1. The van der Waals surface area contributed by atoms with Gasteiger partial charge in [0.15, 0.2) is 0 Å². The molecule has 1 aliphatic heterocycles. The number of nitro benzene ring substituents is 1. The Hall–Kier alpha value is -1.37. The van der Waals surface area contributed by atoms with E-state index in [0.717, 1.165) is 13.1 Å². The lowest BCUT2D eigenvalue weighted by atomic mass is 10.1. The summed E-state index contributed by atoms with van der Waals surface area (Å²) in [5, 5.41) is 14.3. The van der Waals surface area contributed by atoms with Gasteiger partial charge in [0, 0.05) is 25.2 Å². The Morgan fingerprint density at radius 3 is 2.95 bits per heavy atom. The molecule has 1 saturated heterocycles. The predicted octanol–water partition coefficient (Wildman–Crippen LogP) is 2.38. The molecule has 2 unspecified atom stereocenters. The summed E-state index contributed by atoms with van der Waals surface area (Å²) in [6.07, 6.45) is 0.0695. The molecule has 1 aromatic rings. The number of nitro groups is 1. The first-order valence-corrected chi connectivity index (χ1v) is 6.86. The summed E-state index contributed by atoms with van der Waals surface area (Å²) in [7, 11) is 2.06. The van der Waals surface area contributed by atoms with Crippen LogP contribution in [0.4, 0.5) is 11.4 Å². The van der Waals surface area contributed by atoms with Crippen molar-refractivity contribution in [2.45, 2.75) is 19.1 Å². The van der Waals surface area contributed by atoms with Crippen molar-refractivity contribution in [2.24, 2.45) is 0 Å². The van der Waals surface area contributed by atoms with Crippen LogP contribution in [0.1, 0.15) is 6.92 Å². The van der Waals surface area contributed by atoms with Crippen LogP contribution in [-0.4, -0.2) is 48.7 Å². The Bertz CT molecular complexity index is 498. The average molecular weight is 300 g/mol. The number of benzene rings is 1. The van der Waals surface area contributed by atoms with Crippen LogP contribution in [0.2, 0.25) is 5.02 Å². The number of non-ortho nitro benzene ring substituents is 1. The number of anilines is 1. The van der Waals surface area contributed by atoms with Crippen LogP contribution in [0, 0.1) is 10.1 Å². The highest BCUT2D eigenvalue weighted by Gasteiger charge is 2.24. The Morgan fingerprint density at radius 2 is 2.35 bits per heavy atom. The van der Waals surface area contributed by atoms with Crippen LogP contribution in [0.25, 0.3) is 0 Å². The molecule has 1 heterocycles. The number of hydrogen-bond acceptors (Lipinski definition) is 5. The van der Waals surface area contributed by atoms with Gasteiger partial charge in [0.1, 0.15) is 0 Å². The monoisotopic (exact) mass is 299 g/mol. The molecule has 0 aromatic heterocycles. The number of morpholine rings is 1. The molecule has 6 nitrogen and oxygen atoms in total. The molecule has 1 aromatic carbocycles. The van der Waals surface area contributed by atoms with E-state index in [1.54, 1.807) is 6.07 Å². The van der Waals surface area contributed by atoms with Crippen LogP contribution < -0.4 is 5.32 Å². The van der Waals surface area contributed by atoms with Crippen molar-refractivity contribution in [1.29, 1.82) is 0 Å². The largest absolute Gasteiger partial charge is 0.379 e. The molecule has 0 saturated carbocycles. The van der Waals surface area contributed by atoms with E-state index in [9.17, 15) is 10.1 Å². The molecular formula is C13H18ClN3O3. The van der Waals surface area contributed by atoms with Crippen LogP contribution in [0.15, 0.2) is 18.2 Å². The summed E-state index contributed by atoms with van der Waals surface area (Å²) < 4.78 is 5.73. The molecule has 0 aliphatic carbocycles. The zero-order valence-electron chi connectivity index (χ0n) is 11.5. The number of ether oxygens (including phenoxy) is 1. The number of nitrogens with one attached hydrogen (secondary N) is 1. The third-order valence-electron chi connectivity index (χ3n) is 3.40. The van der Waals surface area contributed by atoms with Crippen LogP contribution >= 0.6 is 11.6 Å². The Balaban J connectivity index is 2.03. The highest BCUT2D eigenvalue weighted by Crippen LogP contribution is 2.27. The molecule has 2 rings (SSSR count). The fourth-order valence-corrected chi connectivity index (χ4v) is 2.42. The van der Waals surface area contributed by atoms with E-state index in [1.165, 1.54) is 12.1 Å². The molecule has 1 aliphatic rings. The first-order valence-electron chi connectivity index (χ1n) is 6.48. The number of hydrogen-bond donors (Lipinski definition) is 1. The summed E-state index contributed by atoms with van der Waals surface area (Å²) in [5.41, 5.74) is 0.670. The minimum absolute atomic E-state index is 0.0122. The maximum atomic E-state index is 10.7. The normalized spacial score (nSPS) is 21.4. The molecule has 20 heavy (non-hydrogen) atoms. The lowest BCUT2D eigenvalue weighted by molar-refractivity contribution is -0.384. The van der Waals surface area contributed by atoms with Gasteiger partial charge in [-0.3, -0.25) is 10.1 Å².